The van der Waals surface area contributed by atoms with Gasteiger partial charge in [-0.1, -0.05) is 41.9 Å². The van der Waals surface area contributed by atoms with Crippen molar-refractivity contribution in [3.8, 4) is 0 Å². The van der Waals surface area contributed by atoms with E-state index >= 15 is 0 Å². The van der Waals surface area contributed by atoms with E-state index in [2.05, 4.69) is 15.9 Å². The third-order valence-electron chi connectivity index (χ3n) is 1.77. The van der Waals surface area contributed by atoms with Gasteiger partial charge < -0.3 is 0 Å². The number of hydrogen-bond acceptors (Lipinski definition) is 0. The summed E-state index contributed by atoms with van der Waals surface area (Å²) in [6, 6.07) is 7.36. The third-order valence-corrected chi connectivity index (χ3v) is 2.30. The maximum absolute atomic E-state index is 13.4. The molecular formula is C10H12BrF. The molecule has 1 aromatic carbocycles. The van der Waals surface area contributed by atoms with Crippen molar-refractivity contribution < 1.29 is 4.39 Å². The van der Waals surface area contributed by atoms with Gasteiger partial charge in [0.05, 0.1) is 0 Å². The van der Waals surface area contributed by atoms with Crippen LogP contribution in [0.4, 0.5) is 4.39 Å². The highest BCUT2D eigenvalue weighted by molar-refractivity contribution is 9.10. The lowest BCUT2D eigenvalue weighted by Crippen LogP contribution is -1.99. The van der Waals surface area contributed by atoms with Gasteiger partial charge in [0.1, 0.15) is 6.17 Å². The molecule has 1 atom stereocenters. The minimum atomic E-state index is -0.849. The summed E-state index contributed by atoms with van der Waals surface area (Å²) in [6.45, 7) is 3.76. The van der Waals surface area contributed by atoms with Gasteiger partial charge in [-0.05, 0) is 23.6 Å². The van der Waals surface area contributed by atoms with E-state index < -0.39 is 6.17 Å². The van der Waals surface area contributed by atoms with Crippen LogP contribution >= 0.6 is 15.9 Å². The Morgan fingerprint density at radius 2 is 1.67 bits per heavy atom. The van der Waals surface area contributed by atoms with E-state index in [0.717, 1.165) is 10.0 Å². The van der Waals surface area contributed by atoms with Gasteiger partial charge in [-0.2, -0.15) is 0 Å². The second-order valence-corrected chi connectivity index (χ2v) is 4.11. The van der Waals surface area contributed by atoms with E-state index in [4.69, 9.17) is 0 Å². The second kappa shape index (κ2) is 4.04. The third kappa shape index (κ3) is 2.31. The van der Waals surface area contributed by atoms with Crippen molar-refractivity contribution in [2.75, 3.05) is 0 Å². The first-order valence-electron chi connectivity index (χ1n) is 4.01. The predicted octanol–water partition coefficient (Wildman–Crippen LogP) is 4.12. The Kier molecular flexibility index (Phi) is 3.27. The Morgan fingerprint density at radius 1 is 1.17 bits per heavy atom. The summed E-state index contributed by atoms with van der Waals surface area (Å²) >= 11 is 3.31. The fourth-order valence-electron chi connectivity index (χ4n) is 1.03. The molecule has 0 radical (unpaired) electrons. The summed E-state index contributed by atoms with van der Waals surface area (Å²) in [5, 5.41) is 0. The molecule has 0 bridgehead atoms. The average molecular weight is 231 g/mol. The Labute approximate surface area is 80.9 Å². The van der Waals surface area contributed by atoms with Gasteiger partial charge in [-0.25, -0.2) is 4.39 Å². The molecule has 0 spiro atoms. The second-order valence-electron chi connectivity index (χ2n) is 3.20. The van der Waals surface area contributed by atoms with Crippen LogP contribution in [0.25, 0.3) is 0 Å². The highest BCUT2D eigenvalue weighted by Crippen LogP contribution is 2.26. The lowest BCUT2D eigenvalue weighted by molar-refractivity contribution is 0.262. The first kappa shape index (κ1) is 9.72. The lowest BCUT2D eigenvalue weighted by atomic mass is 10.0. The minimum absolute atomic E-state index is 0.0474. The van der Waals surface area contributed by atoms with Crippen molar-refractivity contribution in [3.63, 3.8) is 0 Å². The van der Waals surface area contributed by atoms with Crippen LogP contribution < -0.4 is 0 Å². The predicted molar refractivity (Wildman–Crippen MR) is 52.8 cm³/mol. The Bertz CT molecular complexity index is 241. The summed E-state index contributed by atoms with van der Waals surface area (Å²) in [5.74, 6) is 0.0474. The Balaban J connectivity index is 2.82. The SMILES string of the molecule is CC(C)C(F)c1ccc(Br)cc1. The van der Waals surface area contributed by atoms with Crippen molar-refractivity contribution in [1.29, 1.82) is 0 Å². The molecule has 0 saturated carbocycles. The van der Waals surface area contributed by atoms with Crippen LogP contribution in [0.3, 0.4) is 0 Å². The van der Waals surface area contributed by atoms with Gasteiger partial charge in [0.15, 0.2) is 0 Å². The van der Waals surface area contributed by atoms with Crippen molar-refractivity contribution in [3.05, 3.63) is 34.3 Å². The van der Waals surface area contributed by atoms with Gasteiger partial charge in [0.25, 0.3) is 0 Å². The normalized spacial score (nSPS) is 13.4. The molecule has 0 N–H and O–H groups in total. The van der Waals surface area contributed by atoms with Gasteiger partial charge in [-0.15, -0.1) is 0 Å². The summed E-state index contributed by atoms with van der Waals surface area (Å²) in [7, 11) is 0. The van der Waals surface area contributed by atoms with Gasteiger partial charge >= 0.3 is 0 Å². The molecule has 0 aliphatic rings. The van der Waals surface area contributed by atoms with Crippen molar-refractivity contribution >= 4 is 15.9 Å². The molecule has 0 aromatic heterocycles. The number of hydrogen-bond donors (Lipinski definition) is 0. The molecule has 1 unspecified atom stereocenters. The lowest BCUT2D eigenvalue weighted by Gasteiger charge is -2.11. The van der Waals surface area contributed by atoms with Crippen LogP contribution in [-0.2, 0) is 0 Å². The van der Waals surface area contributed by atoms with E-state index in [9.17, 15) is 4.39 Å². The molecule has 0 aliphatic heterocycles. The molecule has 1 aromatic rings. The molecule has 0 nitrogen and oxygen atoms in total. The summed E-state index contributed by atoms with van der Waals surface area (Å²) in [5.41, 5.74) is 0.758. The van der Waals surface area contributed by atoms with Crippen LogP contribution in [0.5, 0.6) is 0 Å². The zero-order valence-electron chi connectivity index (χ0n) is 7.22. The molecule has 12 heavy (non-hydrogen) atoms. The highest BCUT2D eigenvalue weighted by atomic mass is 79.9. The Morgan fingerprint density at radius 3 is 2.08 bits per heavy atom. The van der Waals surface area contributed by atoms with Crippen molar-refractivity contribution in [1.82, 2.24) is 0 Å². The van der Waals surface area contributed by atoms with Gasteiger partial charge in [-0.3, -0.25) is 0 Å². The fourth-order valence-corrected chi connectivity index (χ4v) is 1.30. The average Bonchev–Trinajstić information content (AvgIpc) is 2.04. The van der Waals surface area contributed by atoms with E-state index in [0.29, 0.717) is 0 Å². The van der Waals surface area contributed by atoms with Crippen molar-refractivity contribution in [2.24, 2.45) is 5.92 Å². The van der Waals surface area contributed by atoms with Crippen LogP contribution in [0.15, 0.2) is 28.7 Å². The number of halogens is 2. The van der Waals surface area contributed by atoms with E-state index in [-0.39, 0.29) is 5.92 Å². The molecule has 0 fully saturated rings. The molecule has 2 heteroatoms. The molecule has 0 heterocycles. The quantitative estimate of drug-likeness (QED) is 0.718. The summed E-state index contributed by atoms with van der Waals surface area (Å²) < 4.78 is 14.4. The highest BCUT2D eigenvalue weighted by Gasteiger charge is 2.13. The Hall–Kier alpha value is -0.370. The van der Waals surface area contributed by atoms with Crippen LogP contribution in [0.2, 0.25) is 0 Å². The minimum Gasteiger partial charge on any atom is -0.242 e. The zero-order valence-corrected chi connectivity index (χ0v) is 8.81. The summed E-state index contributed by atoms with van der Waals surface area (Å²) in [4.78, 5) is 0. The molecule has 0 aliphatic carbocycles. The molecular weight excluding hydrogens is 219 g/mol. The standard InChI is InChI=1S/C10H12BrF/c1-7(2)10(12)8-3-5-9(11)6-4-8/h3-7,10H,1-2H3. The fraction of sp³-hybridized carbons (Fsp3) is 0.400. The zero-order chi connectivity index (χ0) is 9.14. The van der Waals surface area contributed by atoms with Crippen LogP contribution in [0.1, 0.15) is 25.6 Å². The summed E-state index contributed by atoms with van der Waals surface area (Å²) in [6.07, 6.45) is -0.849. The number of alkyl halides is 1. The van der Waals surface area contributed by atoms with Crippen LogP contribution in [-0.4, -0.2) is 0 Å². The first-order valence-corrected chi connectivity index (χ1v) is 4.80. The first-order chi connectivity index (χ1) is 5.61. The van der Waals surface area contributed by atoms with Gasteiger partial charge in [0, 0.05) is 4.47 Å². The van der Waals surface area contributed by atoms with Gasteiger partial charge in [0.2, 0.25) is 0 Å². The largest absolute Gasteiger partial charge is 0.242 e. The van der Waals surface area contributed by atoms with E-state index in [1.807, 2.05) is 38.1 Å². The van der Waals surface area contributed by atoms with E-state index in [1.54, 1.807) is 0 Å². The molecule has 66 valence electrons. The monoisotopic (exact) mass is 230 g/mol. The molecule has 1 rings (SSSR count). The molecule has 0 saturated heterocycles. The molecule has 0 amide bonds. The van der Waals surface area contributed by atoms with Crippen LogP contribution in [0, 0.1) is 5.92 Å². The number of benzene rings is 1. The maximum atomic E-state index is 13.4. The van der Waals surface area contributed by atoms with Crippen molar-refractivity contribution in [2.45, 2.75) is 20.0 Å². The smallest absolute Gasteiger partial charge is 0.127 e. The topological polar surface area (TPSA) is 0 Å². The maximum Gasteiger partial charge on any atom is 0.127 e. The number of rotatable bonds is 2. The van der Waals surface area contributed by atoms with E-state index in [1.165, 1.54) is 0 Å².